The lowest BCUT2D eigenvalue weighted by Crippen LogP contribution is -2.25. The third-order valence-electron chi connectivity index (χ3n) is 3.11. The molecule has 0 aromatic heterocycles. The zero-order valence-electron chi connectivity index (χ0n) is 10.3. The Balaban J connectivity index is 1.98. The van der Waals surface area contributed by atoms with Gasteiger partial charge in [-0.2, -0.15) is 13.2 Å². The van der Waals surface area contributed by atoms with Crippen molar-refractivity contribution in [2.45, 2.75) is 19.0 Å². The number of ether oxygens (including phenoxy) is 1. The smallest absolute Gasteiger partial charge is 0.419 e. The van der Waals surface area contributed by atoms with Crippen molar-refractivity contribution < 1.29 is 17.9 Å². The van der Waals surface area contributed by atoms with Gasteiger partial charge in [0.25, 0.3) is 0 Å². The van der Waals surface area contributed by atoms with Crippen molar-refractivity contribution in [3.8, 4) is 5.75 Å². The molecule has 1 aliphatic rings. The van der Waals surface area contributed by atoms with E-state index < -0.39 is 11.7 Å². The first-order valence-electron chi connectivity index (χ1n) is 6.19. The minimum atomic E-state index is -4.37. The van der Waals surface area contributed by atoms with Crippen molar-refractivity contribution in [3.05, 3.63) is 27.3 Å². The van der Waals surface area contributed by atoms with Crippen LogP contribution in [0.2, 0.25) is 0 Å². The highest BCUT2D eigenvalue weighted by atomic mass is 127. The van der Waals surface area contributed by atoms with Crippen LogP contribution in [0.25, 0.3) is 0 Å². The second kappa shape index (κ2) is 6.30. The number of alkyl halides is 3. The van der Waals surface area contributed by atoms with E-state index in [9.17, 15) is 13.2 Å². The van der Waals surface area contributed by atoms with Crippen LogP contribution in [0.15, 0.2) is 18.2 Å². The van der Waals surface area contributed by atoms with Crippen LogP contribution in [-0.2, 0) is 6.18 Å². The Labute approximate surface area is 124 Å². The Morgan fingerprint density at radius 3 is 2.53 bits per heavy atom. The molecule has 19 heavy (non-hydrogen) atoms. The summed E-state index contributed by atoms with van der Waals surface area (Å²) in [6, 6.07) is 4.14. The van der Waals surface area contributed by atoms with Gasteiger partial charge in [-0.25, -0.2) is 0 Å². The second-order valence-corrected chi connectivity index (χ2v) is 5.78. The van der Waals surface area contributed by atoms with E-state index in [0.717, 1.165) is 32.0 Å². The van der Waals surface area contributed by atoms with Gasteiger partial charge in [0.05, 0.1) is 5.56 Å². The van der Waals surface area contributed by atoms with Gasteiger partial charge in [-0.3, -0.25) is 4.90 Å². The SMILES string of the molecule is FC(F)(F)c1cc(I)ccc1OCCN1CCCC1. The van der Waals surface area contributed by atoms with E-state index in [0.29, 0.717) is 16.7 Å². The fourth-order valence-corrected chi connectivity index (χ4v) is 2.63. The Kier molecular flexibility index (Phi) is 4.94. The lowest BCUT2D eigenvalue weighted by atomic mass is 10.2. The van der Waals surface area contributed by atoms with Crippen molar-refractivity contribution in [2.24, 2.45) is 0 Å². The minimum Gasteiger partial charge on any atom is -0.492 e. The molecule has 0 amide bonds. The molecule has 1 fully saturated rings. The molecule has 1 aromatic carbocycles. The summed E-state index contributed by atoms with van der Waals surface area (Å²) in [6.07, 6.45) is -2.04. The number of benzene rings is 1. The van der Waals surface area contributed by atoms with Crippen LogP contribution in [0.5, 0.6) is 5.75 Å². The van der Waals surface area contributed by atoms with E-state index >= 15 is 0 Å². The lowest BCUT2D eigenvalue weighted by Gasteiger charge is -2.17. The van der Waals surface area contributed by atoms with Crippen LogP contribution >= 0.6 is 22.6 Å². The van der Waals surface area contributed by atoms with Crippen LogP contribution in [-0.4, -0.2) is 31.1 Å². The fourth-order valence-electron chi connectivity index (χ4n) is 2.14. The molecule has 0 saturated carbocycles. The first-order valence-corrected chi connectivity index (χ1v) is 7.26. The molecule has 0 N–H and O–H groups in total. The molecule has 0 radical (unpaired) electrons. The quantitative estimate of drug-likeness (QED) is 0.732. The molecule has 0 aliphatic carbocycles. The topological polar surface area (TPSA) is 12.5 Å². The molecule has 0 unspecified atom stereocenters. The third kappa shape index (κ3) is 4.24. The average molecular weight is 385 g/mol. The molecule has 2 nitrogen and oxygen atoms in total. The first-order chi connectivity index (χ1) is 8.97. The van der Waals surface area contributed by atoms with Crippen molar-refractivity contribution in [2.75, 3.05) is 26.2 Å². The molecule has 1 heterocycles. The maximum Gasteiger partial charge on any atom is 0.419 e. The normalized spacial score (nSPS) is 16.8. The summed E-state index contributed by atoms with van der Waals surface area (Å²) in [5.41, 5.74) is -0.694. The monoisotopic (exact) mass is 385 g/mol. The van der Waals surface area contributed by atoms with Crippen molar-refractivity contribution in [1.82, 2.24) is 4.90 Å². The van der Waals surface area contributed by atoms with Crippen LogP contribution in [0.4, 0.5) is 13.2 Å². The van der Waals surface area contributed by atoms with Gasteiger partial charge in [-0.15, -0.1) is 0 Å². The number of likely N-dealkylation sites (tertiary alicyclic amines) is 1. The highest BCUT2D eigenvalue weighted by molar-refractivity contribution is 14.1. The number of halogens is 4. The predicted molar refractivity (Wildman–Crippen MR) is 75.3 cm³/mol. The standard InChI is InChI=1S/C13H15F3INO/c14-13(15,16)11-9-10(17)3-4-12(11)19-8-7-18-5-1-2-6-18/h3-4,9H,1-2,5-8H2. The maximum atomic E-state index is 12.9. The fraction of sp³-hybridized carbons (Fsp3) is 0.538. The summed E-state index contributed by atoms with van der Waals surface area (Å²) in [6.45, 7) is 3.01. The van der Waals surface area contributed by atoms with Gasteiger partial charge in [0.1, 0.15) is 12.4 Å². The van der Waals surface area contributed by atoms with E-state index in [-0.39, 0.29) is 5.75 Å². The van der Waals surface area contributed by atoms with Crippen LogP contribution < -0.4 is 4.74 Å². The van der Waals surface area contributed by atoms with Gasteiger partial charge in [0, 0.05) is 10.1 Å². The molecule has 2 rings (SSSR count). The average Bonchev–Trinajstić information content (AvgIpc) is 2.83. The lowest BCUT2D eigenvalue weighted by molar-refractivity contribution is -0.139. The van der Waals surface area contributed by atoms with E-state index in [1.807, 2.05) is 22.6 Å². The highest BCUT2D eigenvalue weighted by Crippen LogP contribution is 2.37. The van der Waals surface area contributed by atoms with Gasteiger partial charge in [-0.1, -0.05) is 0 Å². The van der Waals surface area contributed by atoms with Crippen molar-refractivity contribution in [1.29, 1.82) is 0 Å². The second-order valence-electron chi connectivity index (χ2n) is 4.54. The Morgan fingerprint density at radius 1 is 1.21 bits per heavy atom. The zero-order chi connectivity index (χ0) is 13.9. The molecular formula is C13H15F3INO. The molecule has 106 valence electrons. The third-order valence-corrected chi connectivity index (χ3v) is 3.78. The molecule has 1 aromatic rings. The van der Waals surface area contributed by atoms with E-state index in [1.54, 1.807) is 6.07 Å². The molecule has 0 atom stereocenters. The number of nitrogens with zero attached hydrogens (tertiary/aromatic N) is 1. The van der Waals surface area contributed by atoms with Crippen molar-refractivity contribution in [3.63, 3.8) is 0 Å². The van der Waals surface area contributed by atoms with Crippen LogP contribution in [0, 0.1) is 3.57 Å². The van der Waals surface area contributed by atoms with Crippen LogP contribution in [0.1, 0.15) is 18.4 Å². The molecule has 1 saturated heterocycles. The van der Waals surface area contributed by atoms with Crippen molar-refractivity contribution >= 4 is 22.6 Å². The molecule has 0 spiro atoms. The van der Waals surface area contributed by atoms with E-state index in [4.69, 9.17) is 4.74 Å². The van der Waals surface area contributed by atoms with Gasteiger partial charge in [-0.05, 0) is 66.7 Å². The van der Waals surface area contributed by atoms with E-state index in [1.165, 1.54) is 6.07 Å². The number of hydrogen-bond acceptors (Lipinski definition) is 2. The van der Waals surface area contributed by atoms with Gasteiger partial charge in [0.15, 0.2) is 0 Å². The summed E-state index contributed by atoms with van der Waals surface area (Å²) in [7, 11) is 0. The Morgan fingerprint density at radius 2 is 1.89 bits per heavy atom. The number of rotatable bonds is 4. The van der Waals surface area contributed by atoms with Gasteiger partial charge >= 0.3 is 6.18 Å². The molecule has 1 aliphatic heterocycles. The molecule has 6 heteroatoms. The Hall–Kier alpha value is -0.500. The summed E-state index contributed by atoms with van der Waals surface area (Å²) >= 11 is 1.87. The molecule has 0 bridgehead atoms. The predicted octanol–water partition coefficient (Wildman–Crippen LogP) is 3.78. The maximum absolute atomic E-state index is 12.9. The Bertz CT molecular complexity index is 430. The van der Waals surface area contributed by atoms with Gasteiger partial charge in [0.2, 0.25) is 0 Å². The summed E-state index contributed by atoms with van der Waals surface area (Å²) < 4.78 is 44.5. The summed E-state index contributed by atoms with van der Waals surface area (Å²) in [4.78, 5) is 2.21. The largest absolute Gasteiger partial charge is 0.492 e. The molecular weight excluding hydrogens is 370 g/mol. The van der Waals surface area contributed by atoms with Crippen LogP contribution in [0.3, 0.4) is 0 Å². The number of hydrogen-bond donors (Lipinski definition) is 0. The minimum absolute atomic E-state index is 0.0767. The summed E-state index contributed by atoms with van der Waals surface area (Å²) in [5.74, 6) is -0.0767. The summed E-state index contributed by atoms with van der Waals surface area (Å²) in [5, 5.41) is 0. The zero-order valence-corrected chi connectivity index (χ0v) is 12.5. The van der Waals surface area contributed by atoms with Gasteiger partial charge < -0.3 is 4.74 Å². The highest BCUT2D eigenvalue weighted by Gasteiger charge is 2.34. The first kappa shape index (κ1) is 14.9. The van der Waals surface area contributed by atoms with E-state index in [2.05, 4.69) is 4.90 Å².